The van der Waals surface area contributed by atoms with Gasteiger partial charge in [-0.25, -0.2) is 4.98 Å². The van der Waals surface area contributed by atoms with Crippen LogP contribution in [0.3, 0.4) is 0 Å². The highest BCUT2D eigenvalue weighted by Crippen LogP contribution is 2.08. The van der Waals surface area contributed by atoms with Crippen LogP contribution in [0.4, 0.5) is 0 Å². The summed E-state index contributed by atoms with van der Waals surface area (Å²) in [5.41, 5.74) is 2.59. The van der Waals surface area contributed by atoms with Gasteiger partial charge in [0.1, 0.15) is 4.64 Å². The summed E-state index contributed by atoms with van der Waals surface area (Å²) in [5.74, 6) is 0. The van der Waals surface area contributed by atoms with Crippen LogP contribution in [0.2, 0.25) is 0 Å². The van der Waals surface area contributed by atoms with E-state index in [1.165, 1.54) is 0 Å². The lowest BCUT2D eigenvalue weighted by molar-refractivity contribution is 1.07. The van der Waals surface area contributed by atoms with Crippen molar-refractivity contribution in [2.75, 3.05) is 0 Å². The van der Waals surface area contributed by atoms with Crippen molar-refractivity contribution in [3.05, 3.63) is 34.4 Å². The molecule has 15 heavy (non-hydrogen) atoms. The highest BCUT2D eigenvalue weighted by atomic mass is 32.1. The molecule has 2 nitrogen and oxygen atoms in total. The summed E-state index contributed by atoms with van der Waals surface area (Å²) in [6.45, 7) is 11.5. The van der Waals surface area contributed by atoms with Crippen molar-refractivity contribution in [1.29, 1.82) is 0 Å². The minimum absolute atomic E-state index is 0.670. The van der Waals surface area contributed by atoms with Crippen molar-refractivity contribution in [1.82, 2.24) is 9.97 Å². The van der Waals surface area contributed by atoms with Gasteiger partial charge in [-0.2, -0.15) is 0 Å². The van der Waals surface area contributed by atoms with E-state index in [4.69, 9.17) is 12.2 Å². The fraction of sp³-hybridized carbons (Fsp3) is 0.333. The molecule has 1 rings (SSSR count). The van der Waals surface area contributed by atoms with Crippen molar-refractivity contribution in [3.63, 3.8) is 0 Å². The van der Waals surface area contributed by atoms with Gasteiger partial charge in [-0.05, 0) is 26.0 Å². The minimum Gasteiger partial charge on any atom is -0.343 e. The Morgan fingerprint density at radius 2 is 2.00 bits per heavy atom. The fourth-order valence-corrected chi connectivity index (χ4v) is 1.16. The summed E-state index contributed by atoms with van der Waals surface area (Å²) in [7, 11) is 0. The molecule has 0 saturated carbocycles. The normalized spacial score (nSPS) is 9.60. The van der Waals surface area contributed by atoms with E-state index in [2.05, 4.69) is 16.5 Å². The lowest BCUT2D eigenvalue weighted by atomic mass is 10.2. The third-order valence-corrected chi connectivity index (χ3v) is 2.07. The van der Waals surface area contributed by atoms with Gasteiger partial charge in [0.25, 0.3) is 0 Å². The zero-order chi connectivity index (χ0) is 11.8. The number of aromatic nitrogens is 2. The van der Waals surface area contributed by atoms with Gasteiger partial charge in [0.2, 0.25) is 0 Å². The van der Waals surface area contributed by atoms with Crippen LogP contribution in [-0.4, -0.2) is 9.97 Å². The molecule has 0 aromatic carbocycles. The second-order valence-corrected chi connectivity index (χ2v) is 3.06. The van der Waals surface area contributed by atoms with Gasteiger partial charge >= 0.3 is 0 Å². The average Bonchev–Trinajstić information content (AvgIpc) is 2.26. The van der Waals surface area contributed by atoms with Gasteiger partial charge < -0.3 is 4.98 Å². The van der Waals surface area contributed by atoms with E-state index in [-0.39, 0.29) is 0 Å². The molecule has 0 bridgehead atoms. The molecule has 0 amide bonds. The Morgan fingerprint density at radius 3 is 2.47 bits per heavy atom. The topological polar surface area (TPSA) is 28.7 Å². The Balaban J connectivity index is 0.000000921. The van der Waals surface area contributed by atoms with Crippen molar-refractivity contribution in [3.8, 4) is 0 Å². The smallest absolute Gasteiger partial charge is 0.125 e. The highest BCUT2D eigenvalue weighted by Gasteiger charge is 1.99. The molecule has 1 N–H and O–H groups in total. The fourth-order valence-electron chi connectivity index (χ4n) is 1.01. The Kier molecular flexibility index (Phi) is 6.54. The van der Waals surface area contributed by atoms with Crippen LogP contribution in [0.5, 0.6) is 0 Å². The first kappa shape index (κ1) is 13.8. The zero-order valence-corrected chi connectivity index (χ0v) is 10.6. The van der Waals surface area contributed by atoms with E-state index < -0.39 is 0 Å². The Hall–Kier alpha value is -1.22. The Morgan fingerprint density at radius 1 is 1.40 bits per heavy atom. The van der Waals surface area contributed by atoms with Crippen LogP contribution in [-0.2, 0) is 0 Å². The number of aryl methyl sites for hydroxylation is 1. The summed E-state index contributed by atoms with van der Waals surface area (Å²) < 4.78 is 0.670. The summed E-state index contributed by atoms with van der Waals surface area (Å²) in [5, 5.41) is 0. The number of nitrogens with zero attached hydrogens (tertiary/aromatic N) is 1. The average molecular weight is 222 g/mol. The van der Waals surface area contributed by atoms with Gasteiger partial charge in [-0.3, -0.25) is 0 Å². The van der Waals surface area contributed by atoms with Crippen LogP contribution in [0.25, 0.3) is 12.2 Å². The standard InChI is InChI=1S/C10H12N2S.C2H6/c1-4-6-9-8(5-2)12-10(13)7(3)11-9;1-2/h4-6H,2H2,1,3H3,(H,12,13);1-2H3/b6-4-;. The summed E-state index contributed by atoms with van der Waals surface area (Å²) in [6.07, 6.45) is 5.58. The molecule has 1 aromatic rings. The van der Waals surface area contributed by atoms with Crippen molar-refractivity contribution < 1.29 is 0 Å². The van der Waals surface area contributed by atoms with Crippen LogP contribution in [0.1, 0.15) is 37.9 Å². The van der Waals surface area contributed by atoms with Gasteiger partial charge in [-0.15, -0.1) is 0 Å². The predicted molar refractivity (Wildman–Crippen MR) is 70.3 cm³/mol. The molecule has 1 heterocycles. The van der Waals surface area contributed by atoms with E-state index in [1.54, 1.807) is 6.08 Å². The molecule has 0 aliphatic carbocycles. The van der Waals surface area contributed by atoms with E-state index in [0.29, 0.717) is 4.64 Å². The zero-order valence-electron chi connectivity index (χ0n) is 9.79. The number of nitrogens with one attached hydrogen (secondary N) is 1. The third kappa shape index (κ3) is 3.80. The molecule has 0 aliphatic heterocycles. The molecule has 82 valence electrons. The van der Waals surface area contributed by atoms with Crippen LogP contribution < -0.4 is 0 Å². The largest absolute Gasteiger partial charge is 0.343 e. The third-order valence-electron chi connectivity index (χ3n) is 1.67. The molecule has 0 spiro atoms. The van der Waals surface area contributed by atoms with Gasteiger partial charge in [-0.1, -0.05) is 38.7 Å². The van der Waals surface area contributed by atoms with E-state index in [0.717, 1.165) is 17.1 Å². The quantitative estimate of drug-likeness (QED) is 0.761. The van der Waals surface area contributed by atoms with Gasteiger partial charge in [0.05, 0.1) is 17.1 Å². The number of rotatable bonds is 2. The summed E-state index contributed by atoms with van der Waals surface area (Å²) in [6, 6.07) is 0. The van der Waals surface area contributed by atoms with Crippen LogP contribution in [0.15, 0.2) is 12.7 Å². The Labute approximate surface area is 96.8 Å². The maximum absolute atomic E-state index is 5.06. The minimum atomic E-state index is 0.670. The first-order valence-corrected chi connectivity index (χ1v) is 5.46. The maximum Gasteiger partial charge on any atom is 0.125 e. The van der Waals surface area contributed by atoms with Gasteiger partial charge in [0, 0.05) is 0 Å². The maximum atomic E-state index is 5.06. The number of hydrogen-bond donors (Lipinski definition) is 1. The van der Waals surface area contributed by atoms with E-state index in [9.17, 15) is 0 Å². The van der Waals surface area contributed by atoms with Gasteiger partial charge in [0.15, 0.2) is 0 Å². The molecular weight excluding hydrogens is 204 g/mol. The van der Waals surface area contributed by atoms with Crippen LogP contribution >= 0.6 is 12.2 Å². The second-order valence-electron chi connectivity index (χ2n) is 2.65. The first-order valence-electron chi connectivity index (χ1n) is 5.05. The molecule has 0 radical (unpaired) electrons. The molecule has 0 fully saturated rings. The number of H-pyrrole nitrogens is 1. The Bertz CT molecular complexity index is 403. The highest BCUT2D eigenvalue weighted by molar-refractivity contribution is 7.71. The molecule has 0 unspecified atom stereocenters. The molecule has 0 atom stereocenters. The van der Waals surface area contributed by atoms with Crippen LogP contribution in [0, 0.1) is 11.6 Å². The molecule has 1 aromatic heterocycles. The monoisotopic (exact) mass is 222 g/mol. The summed E-state index contributed by atoms with van der Waals surface area (Å²) >= 11 is 5.06. The van der Waals surface area contributed by atoms with E-state index in [1.807, 2.05) is 39.8 Å². The first-order chi connectivity index (χ1) is 7.19. The molecule has 0 aliphatic rings. The molecule has 0 saturated heterocycles. The summed E-state index contributed by atoms with van der Waals surface area (Å²) in [4.78, 5) is 7.40. The lowest BCUT2D eigenvalue weighted by Gasteiger charge is -2.01. The number of aromatic amines is 1. The van der Waals surface area contributed by atoms with Crippen molar-refractivity contribution >= 4 is 24.4 Å². The van der Waals surface area contributed by atoms with E-state index >= 15 is 0 Å². The lowest BCUT2D eigenvalue weighted by Crippen LogP contribution is -1.95. The molecule has 3 heteroatoms. The molecular formula is C12H18N2S. The number of hydrogen-bond acceptors (Lipinski definition) is 2. The second kappa shape index (κ2) is 7.12. The van der Waals surface area contributed by atoms with Crippen molar-refractivity contribution in [2.45, 2.75) is 27.7 Å². The SMILES string of the molecule is C=Cc1[nH]c(=S)c(C)nc1/C=C\C.CC. The predicted octanol–water partition coefficient (Wildman–Crippen LogP) is 4.15. The number of allylic oxidation sites excluding steroid dienone is 1. The van der Waals surface area contributed by atoms with Crippen molar-refractivity contribution in [2.24, 2.45) is 0 Å².